The van der Waals surface area contributed by atoms with Crippen molar-refractivity contribution in [1.82, 2.24) is 29.2 Å². The average molecular weight is 568 g/mol. The van der Waals surface area contributed by atoms with Crippen molar-refractivity contribution in [1.29, 1.82) is 0 Å². The second-order valence-electron chi connectivity index (χ2n) is 9.62. The first-order valence-electron chi connectivity index (χ1n) is 12.8. The lowest BCUT2D eigenvalue weighted by molar-refractivity contribution is 0.0941. The lowest BCUT2D eigenvalue weighted by Gasteiger charge is -2.24. The predicted octanol–water partition coefficient (Wildman–Crippen LogP) is 2.48. The van der Waals surface area contributed by atoms with Crippen LogP contribution in [0.4, 0.5) is 5.82 Å². The third-order valence-corrected chi connectivity index (χ3v) is 8.25. The number of benzene rings is 2. The molecular weight excluding hydrogens is 542 g/mol. The maximum absolute atomic E-state index is 14.1. The molecule has 206 valence electrons. The first kappa shape index (κ1) is 26.2. The molecule has 0 radical (unpaired) electrons. The zero-order valence-electron chi connectivity index (χ0n) is 22.2. The molecular formula is C29H25N7O4S. The molecule has 1 aliphatic rings. The van der Waals surface area contributed by atoms with Gasteiger partial charge < -0.3 is 5.32 Å². The Bertz CT molecular complexity index is 2080. The molecule has 0 unspecified atom stereocenters. The number of hydrogen-bond donors (Lipinski definition) is 3. The maximum atomic E-state index is 14.1. The number of anilines is 1. The van der Waals surface area contributed by atoms with E-state index in [0.29, 0.717) is 28.8 Å². The van der Waals surface area contributed by atoms with Gasteiger partial charge in [0.2, 0.25) is 0 Å². The summed E-state index contributed by atoms with van der Waals surface area (Å²) in [6.45, 7) is 1.79. The number of para-hydroxylation sites is 1. The molecule has 0 saturated heterocycles. The van der Waals surface area contributed by atoms with Crippen LogP contribution in [0.1, 0.15) is 45.7 Å². The third-order valence-electron chi connectivity index (χ3n) is 7.25. The Morgan fingerprint density at radius 2 is 1.88 bits per heavy atom. The summed E-state index contributed by atoms with van der Waals surface area (Å²) in [7, 11) is -2.75. The van der Waals surface area contributed by atoms with Crippen LogP contribution < -0.4 is 20.3 Å². The number of carbonyl (C=O) groups excluding carboxylic acids is 1. The van der Waals surface area contributed by atoms with E-state index in [-0.39, 0.29) is 22.6 Å². The molecule has 11 nitrogen and oxygen atoms in total. The SMILES string of the molecule is C#Cc1ccc2c3c(c([C@@H](C)NC(=O)c4c(NS(=O)(=O)NC)nn5cccnc45)n(-c4ccccc4)c(=O)c13)CC2. The minimum absolute atomic E-state index is 0.0580. The second kappa shape index (κ2) is 9.88. The number of nitrogens with zero attached hydrogens (tertiary/aromatic N) is 4. The fourth-order valence-electron chi connectivity index (χ4n) is 5.51. The van der Waals surface area contributed by atoms with E-state index >= 15 is 0 Å². The van der Waals surface area contributed by atoms with Gasteiger partial charge in [0.1, 0.15) is 5.56 Å². The molecule has 0 saturated carbocycles. The van der Waals surface area contributed by atoms with Crippen LogP contribution in [0, 0.1) is 12.3 Å². The van der Waals surface area contributed by atoms with Crippen LogP contribution in [0.3, 0.4) is 0 Å². The summed E-state index contributed by atoms with van der Waals surface area (Å²) in [4.78, 5) is 32.2. The van der Waals surface area contributed by atoms with Crippen LogP contribution in [0.15, 0.2) is 65.7 Å². The van der Waals surface area contributed by atoms with E-state index in [4.69, 9.17) is 6.42 Å². The lowest BCUT2D eigenvalue weighted by Crippen LogP contribution is -2.34. The largest absolute Gasteiger partial charge is 0.344 e. The summed E-state index contributed by atoms with van der Waals surface area (Å²) in [6, 6.07) is 13.9. The van der Waals surface area contributed by atoms with E-state index < -0.39 is 22.2 Å². The highest BCUT2D eigenvalue weighted by Gasteiger charge is 2.30. The van der Waals surface area contributed by atoms with E-state index in [0.717, 1.165) is 22.9 Å². The van der Waals surface area contributed by atoms with Crippen molar-refractivity contribution in [2.75, 3.05) is 11.8 Å². The molecule has 1 atom stereocenters. The van der Waals surface area contributed by atoms with Crippen molar-refractivity contribution < 1.29 is 13.2 Å². The topological polar surface area (TPSA) is 139 Å². The number of amides is 1. The summed E-state index contributed by atoms with van der Waals surface area (Å²) in [6.07, 6.45) is 10.2. The standard InChI is InChI=1S/C29H25N7O4S/c1-4-18-11-12-19-13-14-21-22(19)23(18)29(38)36(20-9-6-5-7-10-20)25(21)17(2)32-28(37)24-26(34-41(39,40)30-3)33-35-16-8-15-31-27(24)35/h1,5-12,15-17,30H,13-14H2,2-3H3,(H,32,37)(H,33,34)/t17-/m1/s1. The van der Waals surface area contributed by atoms with Crippen LogP contribution >= 0.6 is 0 Å². The number of rotatable bonds is 7. The van der Waals surface area contributed by atoms with Gasteiger partial charge in [0.15, 0.2) is 11.5 Å². The average Bonchev–Trinajstić information content (AvgIpc) is 3.56. The normalized spacial score (nSPS) is 13.3. The highest BCUT2D eigenvalue weighted by Crippen LogP contribution is 2.36. The van der Waals surface area contributed by atoms with Gasteiger partial charge in [-0.2, -0.15) is 8.42 Å². The summed E-state index contributed by atoms with van der Waals surface area (Å²) in [5, 5.41) is 8.51. The van der Waals surface area contributed by atoms with E-state index in [1.165, 1.54) is 17.8 Å². The van der Waals surface area contributed by atoms with Crippen molar-refractivity contribution in [2.24, 2.45) is 0 Å². The van der Waals surface area contributed by atoms with E-state index in [2.05, 4.69) is 30.8 Å². The number of terminal acetylenes is 1. The Kier molecular flexibility index (Phi) is 6.33. The van der Waals surface area contributed by atoms with Gasteiger partial charge in [0.05, 0.1) is 17.1 Å². The molecule has 1 aliphatic carbocycles. The number of aromatic nitrogens is 4. The molecule has 0 fully saturated rings. The Hall–Kier alpha value is -4.99. The summed E-state index contributed by atoms with van der Waals surface area (Å²) < 4.78 is 32.0. The van der Waals surface area contributed by atoms with E-state index in [1.54, 1.807) is 29.8 Å². The zero-order valence-corrected chi connectivity index (χ0v) is 23.0. The van der Waals surface area contributed by atoms with Crippen molar-refractivity contribution in [3.63, 3.8) is 0 Å². The monoisotopic (exact) mass is 567 g/mol. The van der Waals surface area contributed by atoms with Gasteiger partial charge in [-0.3, -0.25) is 18.9 Å². The van der Waals surface area contributed by atoms with E-state index in [1.807, 2.05) is 36.4 Å². The molecule has 12 heteroatoms. The van der Waals surface area contributed by atoms with Gasteiger partial charge in [-0.1, -0.05) is 30.2 Å². The lowest BCUT2D eigenvalue weighted by atomic mass is 9.97. The van der Waals surface area contributed by atoms with Crippen LogP contribution in [0.25, 0.3) is 22.1 Å². The minimum Gasteiger partial charge on any atom is -0.344 e. The van der Waals surface area contributed by atoms with Crippen LogP contribution in [0.5, 0.6) is 0 Å². The Labute approximate surface area is 235 Å². The smallest absolute Gasteiger partial charge is 0.300 e. The van der Waals surface area contributed by atoms with Crippen molar-refractivity contribution >= 4 is 38.4 Å². The first-order chi connectivity index (χ1) is 19.7. The number of carbonyl (C=O) groups is 1. The quantitative estimate of drug-likeness (QED) is 0.258. The third kappa shape index (κ3) is 4.32. The maximum Gasteiger partial charge on any atom is 0.300 e. The van der Waals surface area contributed by atoms with E-state index in [9.17, 15) is 18.0 Å². The fraction of sp³-hybridized carbons (Fsp3) is 0.172. The number of hydrogen-bond acceptors (Lipinski definition) is 6. The summed E-state index contributed by atoms with van der Waals surface area (Å²) in [5.41, 5.74) is 3.56. The van der Waals surface area contributed by atoms with Gasteiger partial charge in [0, 0.05) is 30.7 Å². The highest BCUT2D eigenvalue weighted by atomic mass is 32.2. The van der Waals surface area contributed by atoms with Gasteiger partial charge in [-0.15, -0.1) is 11.5 Å². The van der Waals surface area contributed by atoms with Gasteiger partial charge in [0.25, 0.3) is 21.7 Å². The molecule has 5 aromatic rings. The Morgan fingerprint density at radius 3 is 2.61 bits per heavy atom. The minimum atomic E-state index is -3.99. The molecule has 0 bridgehead atoms. The predicted molar refractivity (Wildman–Crippen MR) is 155 cm³/mol. The number of pyridine rings is 1. The molecule has 3 heterocycles. The second-order valence-corrected chi connectivity index (χ2v) is 11.2. The molecule has 41 heavy (non-hydrogen) atoms. The Morgan fingerprint density at radius 1 is 1.10 bits per heavy atom. The van der Waals surface area contributed by atoms with Gasteiger partial charge in [-0.05, 0) is 60.5 Å². The molecule has 6 rings (SSSR count). The van der Waals surface area contributed by atoms with Crippen LogP contribution in [-0.4, -0.2) is 40.5 Å². The molecule has 0 spiro atoms. The van der Waals surface area contributed by atoms with Crippen molar-refractivity contribution in [3.05, 3.63) is 99.2 Å². The molecule has 2 aromatic carbocycles. The Balaban J connectivity index is 1.53. The first-order valence-corrected chi connectivity index (χ1v) is 14.3. The molecule has 1 amide bonds. The van der Waals surface area contributed by atoms with Gasteiger partial charge in [-0.25, -0.2) is 14.2 Å². The summed E-state index contributed by atoms with van der Waals surface area (Å²) in [5.74, 6) is 1.85. The number of nitrogens with one attached hydrogen (secondary N) is 3. The van der Waals surface area contributed by atoms with Crippen LogP contribution in [-0.2, 0) is 23.1 Å². The van der Waals surface area contributed by atoms with Crippen molar-refractivity contribution in [2.45, 2.75) is 25.8 Å². The van der Waals surface area contributed by atoms with Crippen molar-refractivity contribution in [3.8, 4) is 18.0 Å². The fourth-order valence-corrected chi connectivity index (χ4v) is 6.01. The van der Waals surface area contributed by atoms with Crippen LogP contribution in [0.2, 0.25) is 0 Å². The zero-order chi connectivity index (χ0) is 28.9. The number of fused-ring (bicyclic) bond motifs is 1. The highest BCUT2D eigenvalue weighted by molar-refractivity contribution is 7.90. The summed E-state index contributed by atoms with van der Waals surface area (Å²) >= 11 is 0. The molecule has 3 N–H and O–H groups in total. The van der Waals surface area contributed by atoms with Gasteiger partial charge >= 0.3 is 0 Å². The number of aryl methyl sites for hydroxylation is 2. The molecule has 3 aromatic heterocycles. The molecule has 0 aliphatic heterocycles.